The van der Waals surface area contributed by atoms with Crippen molar-refractivity contribution in [2.75, 3.05) is 0 Å². The van der Waals surface area contributed by atoms with E-state index in [4.69, 9.17) is 9.97 Å². The molecule has 5 aromatic heterocycles. The van der Waals surface area contributed by atoms with Crippen LogP contribution >= 0.6 is 0 Å². The van der Waals surface area contributed by atoms with Crippen molar-refractivity contribution in [1.82, 2.24) is 24.9 Å². The summed E-state index contributed by atoms with van der Waals surface area (Å²) < 4.78 is 0. The van der Waals surface area contributed by atoms with Crippen LogP contribution in [0.5, 0.6) is 0 Å². The predicted octanol–water partition coefficient (Wildman–Crippen LogP) is 14.4. The van der Waals surface area contributed by atoms with Gasteiger partial charge in [0.2, 0.25) is 0 Å². The molecule has 0 aliphatic carbocycles. The molecule has 5 heterocycles. The maximum absolute atomic E-state index is 4.90. The van der Waals surface area contributed by atoms with Gasteiger partial charge in [0, 0.05) is 40.8 Å². The molecule has 0 fully saturated rings. The Morgan fingerprint density at radius 3 is 0.954 bits per heavy atom. The van der Waals surface area contributed by atoms with E-state index in [0.717, 1.165) is 67.0 Å². The van der Waals surface area contributed by atoms with Gasteiger partial charge in [0.25, 0.3) is 0 Å². The van der Waals surface area contributed by atoms with Crippen LogP contribution in [0.2, 0.25) is 0 Å². The number of aryl methyl sites for hydroxylation is 2. The molecule has 0 saturated heterocycles. The van der Waals surface area contributed by atoms with Gasteiger partial charge in [-0.2, -0.15) is 0 Å². The molecule has 6 heteroatoms. The second kappa shape index (κ2) is 23.1. The Bertz CT molecular complexity index is 2730. The first-order valence-corrected chi connectivity index (χ1v) is 21.1. The standard InChI is InChI=1S/C26H20N2.3C11H8N.Ir/c1-17-15-23(19-9-5-3-6-10-19)21-13-14-22-24(20-11-7-4-8-12-20)16-18(2)28-26(22)25(21)27-17;3*1-2-6-10(7-3-1)11-8-4-5-9-12-11;/h3-16H,1-2H3;3*1-6,8-9H;/q;3*-1;+3. The zero-order valence-corrected chi connectivity index (χ0v) is 38.4. The molecule has 65 heavy (non-hydrogen) atoms. The van der Waals surface area contributed by atoms with Crippen molar-refractivity contribution in [3.05, 3.63) is 261 Å². The van der Waals surface area contributed by atoms with E-state index in [2.05, 4.69) is 120 Å². The first-order valence-electron chi connectivity index (χ1n) is 21.1. The van der Waals surface area contributed by atoms with Gasteiger partial charge in [0.1, 0.15) is 0 Å². The minimum atomic E-state index is 0. The number of nitrogens with zero attached hydrogens (tertiary/aromatic N) is 5. The Hall–Kier alpha value is -7.76. The molecule has 0 bridgehead atoms. The van der Waals surface area contributed by atoms with E-state index in [-0.39, 0.29) is 20.1 Å². The van der Waals surface area contributed by atoms with E-state index in [1.165, 1.54) is 22.3 Å². The van der Waals surface area contributed by atoms with Crippen LogP contribution in [0.3, 0.4) is 0 Å². The van der Waals surface area contributed by atoms with Gasteiger partial charge in [0.05, 0.1) is 11.0 Å². The van der Waals surface area contributed by atoms with Crippen molar-refractivity contribution in [1.29, 1.82) is 0 Å². The minimum Gasteiger partial charge on any atom is -0.305 e. The molecule has 0 spiro atoms. The third-order valence-corrected chi connectivity index (χ3v) is 10.1. The van der Waals surface area contributed by atoms with E-state index in [9.17, 15) is 0 Å². The second-order valence-electron chi connectivity index (χ2n) is 14.7. The Morgan fingerprint density at radius 1 is 0.338 bits per heavy atom. The van der Waals surface area contributed by atoms with E-state index >= 15 is 0 Å². The van der Waals surface area contributed by atoms with Gasteiger partial charge in [-0.15, -0.1) is 108 Å². The van der Waals surface area contributed by atoms with E-state index in [0.29, 0.717) is 0 Å². The Kier molecular flexibility index (Phi) is 16.1. The summed E-state index contributed by atoms with van der Waals surface area (Å²) in [6.07, 6.45) is 5.36. The average Bonchev–Trinajstić information content (AvgIpc) is 3.38. The Labute approximate surface area is 395 Å². The van der Waals surface area contributed by atoms with E-state index in [1.807, 2.05) is 140 Å². The molecule has 11 aromatic rings. The van der Waals surface area contributed by atoms with Crippen LogP contribution < -0.4 is 0 Å². The summed E-state index contributed by atoms with van der Waals surface area (Å²) in [5, 5.41) is 2.28. The Morgan fingerprint density at radius 2 is 0.662 bits per heavy atom. The maximum atomic E-state index is 4.90. The van der Waals surface area contributed by atoms with Gasteiger partial charge in [-0.05, 0) is 83.5 Å². The molecule has 0 aliphatic heterocycles. The summed E-state index contributed by atoms with van der Waals surface area (Å²) in [5.74, 6) is 0. The van der Waals surface area contributed by atoms with Crippen molar-refractivity contribution >= 4 is 21.8 Å². The SMILES string of the molecule is Cc1cc(-c2ccccc2)c2ccc3c(-c4ccccc4)cc(C)nc3c2n1.[Ir+3].[c-]1ccccc1-c1ccccn1.[c-]1ccccc1-c1ccccn1.[c-]1ccccc1-c1ccccn1. The van der Waals surface area contributed by atoms with Crippen molar-refractivity contribution in [2.45, 2.75) is 13.8 Å². The molecule has 5 nitrogen and oxygen atoms in total. The van der Waals surface area contributed by atoms with Crippen molar-refractivity contribution in [2.24, 2.45) is 0 Å². The molecule has 0 saturated carbocycles. The molecule has 0 atom stereocenters. The van der Waals surface area contributed by atoms with Gasteiger partial charge >= 0.3 is 20.1 Å². The van der Waals surface area contributed by atoms with Gasteiger partial charge in [-0.25, -0.2) is 0 Å². The molecule has 6 aromatic carbocycles. The monoisotopic (exact) mass is 1020 g/mol. The average molecular weight is 1020 g/mol. The van der Waals surface area contributed by atoms with Crippen LogP contribution in [0.25, 0.3) is 77.8 Å². The predicted molar refractivity (Wildman–Crippen MR) is 263 cm³/mol. The molecular weight excluding hydrogens is 971 g/mol. The quantitative estimate of drug-likeness (QED) is 0.127. The van der Waals surface area contributed by atoms with Crippen LogP contribution in [-0.2, 0) is 20.1 Å². The fraction of sp³-hybridized carbons (Fsp3) is 0.0339. The number of benzene rings is 6. The molecule has 0 N–H and O–H groups in total. The van der Waals surface area contributed by atoms with Crippen LogP contribution in [0, 0.1) is 32.0 Å². The summed E-state index contributed by atoms with van der Waals surface area (Å²) in [6, 6.07) is 80.2. The smallest absolute Gasteiger partial charge is 0.305 e. The molecule has 0 aliphatic rings. The largest absolute Gasteiger partial charge is 3.00 e. The molecule has 0 unspecified atom stereocenters. The first kappa shape index (κ1) is 45.3. The van der Waals surface area contributed by atoms with E-state index in [1.54, 1.807) is 18.6 Å². The molecule has 11 rings (SSSR count). The first-order chi connectivity index (χ1) is 31.6. The maximum Gasteiger partial charge on any atom is 3.00 e. The van der Waals surface area contributed by atoms with Crippen LogP contribution in [0.1, 0.15) is 11.4 Å². The van der Waals surface area contributed by atoms with Crippen molar-refractivity contribution in [3.63, 3.8) is 0 Å². The number of fused-ring (bicyclic) bond motifs is 3. The molecular formula is C59H44IrN5. The number of aromatic nitrogens is 5. The van der Waals surface area contributed by atoms with Crippen LogP contribution in [0.4, 0.5) is 0 Å². The van der Waals surface area contributed by atoms with Gasteiger partial charge < -0.3 is 15.0 Å². The van der Waals surface area contributed by atoms with E-state index < -0.39 is 0 Å². The third-order valence-electron chi connectivity index (χ3n) is 10.1. The fourth-order valence-corrected chi connectivity index (χ4v) is 7.17. The fourth-order valence-electron chi connectivity index (χ4n) is 7.17. The number of pyridine rings is 5. The number of rotatable bonds is 5. The van der Waals surface area contributed by atoms with Crippen molar-refractivity contribution < 1.29 is 20.1 Å². The zero-order chi connectivity index (χ0) is 43.8. The summed E-state index contributed by atoms with van der Waals surface area (Å²) in [4.78, 5) is 22.5. The number of hydrogen-bond acceptors (Lipinski definition) is 5. The summed E-state index contributed by atoms with van der Waals surface area (Å²) in [5.41, 5.74) is 14.8. The molecule has 0 amide bonds. The van der Waals surface area contributed by atoms with Crippen LogP contribution in [-0.4, -0.2) is 24.9 Å². The van der Waals surface area contributed by atoms with Gasteiger partial charge in [0.15, 0.2) is 0 Å². The van der Waals surface area contributed by atoms with Crippen molar-refractivity contribution in [3.8, 4) is 56.0 Å². The minimum absolute atomic E-state index is 0. The normalized spacial score (nSPS) is 10.2. The third kappa shape index (κ3) is 12.0. The zero-order valence-electron chi connectivity index (χ0n) is 36.0. The molecule has 0 radical (unpaired) electrons. The summed E-state index contributed by atoms with van der Waals surface area (Å²) in [6.45, 7) is 4.11. The molecule has 314 valence electrons. The van der Waals surface area contributed by atoms with Gasteiger partial charge in [-0.1, -0.05) is 109 Å². The Balaban J connectivity index is 0.000000142. The summed E-state index contributed by atoms with van der Waals surface area (Å²) in [7, 11) is 0. The number of hydrogen-bond donors (Lipinski definition) is 0. The topological polar surface area (TPSA) is 64.5 Å². The van der Waals surface area contributed by atoms with Gasteiger partial charge in [-0.3, -0.25) is 9.97 Å². The van der Waals surface area contributed by atoms with Crippen LogP contribution in [0.15, 0.2) is 231 Å². The summed E-state index contributed by atoms with van der Waals surface area (Å²) >= 11 is 0. The second-order valence-corrected chi connectivity index (χ2v) is 14.7.